The van der Waals surface area contributed by atoms with Crippen LogP contribution < -0.4 is 10.6 Å². The standard InChI is InChI=1S/C11H13FN2O/c1-6-4-7(12)5-8-9(6)13-10(15)11(2,3)14-8/h4-5,14H,1-3H3,(H,13,15). The predicted molar refractivity (Wildman–Crippen MR) is 57.5 cm³/mol. The van der Waals surface area contributed by atoms with Crippen molar-refractivity contribution in [2.75, 3.05) is 10.6 Å². The molecule has 0 radical (unpaired) electrons. The Morgan fingerprint density at radius 1 is 1.33 bits per heavy atom. The van der Waals surface area contributed by atoms with Gasteiger partial charge in [-0.15, -0.1) is 0 Å². The summed E-state index contributed by atoms with van der Waals surface area (Å²) >= 11 is 0. The van der Waals surface area contributed by atoms with Crippen LogP contribution in [0.1, 0.15) is 19.4 Å². The van der Waals surface area contributed by atoms with Gasteiger partial charge in [0.1, 0.15) is 11.4 Å². The lowest BCUT2D eigenvalue weighted by Gasteiger charge is -2.33. The van der Waals surface area contributed by atoms with Gasteiger partial charge in [0.2, 0.25) is 5.91 Å². The zero-order valence-electron chi connectivity index (χ0n) is 8.94. The molecule has 4 heteroatoms. The fourth-order valence-electron chi connectivity index (χ4n) is 1.67. The number of halogens is 1. The molecule has 2 rings (SSSR count). The van der Waals surface area contributed by atoms with Gasteiger partial charge in [-0.25, -0.2) is 4.39 Å². The van der Waals surface area contributed by atoms with Crippen LogP contribution in [0, 0.1) is 12.7 Å². The van der Waals surface area contributed by atoms with Crippen LogP contribution in [-0.4, -0.2) is 11.4 Å². The van der Waals surface area contributed by atoms with Gasteiger partial charge < -0.3 is 10.6 Å². The Bertz CT molecular complexity index is 440. The van der Waals surface area contributed by atoms with Crippen LogP contribution >= 0.6 is 0 Å². The van der Waals surface area contributed by atoms with E-state index in [1.165, 1.54) is 12.1 Å². The predicted octanol–water partition coefficient (Wildman–Crippen LogP) is 2.28. The number of nitrogens with one attached hydrogen (secondary N) is 2. The molecule has 0 aromatic heterocycles. The van der Waals surface area contributed by atoms with Gasteiger partial charge in [0.25, 0.3) is 0 Å². The van der Waals surface area contributed by atoms with Crippen LogP contribution in [0.15, 0.2) is 12.1 Å². The third-order valence-electron chi connectivity index (χ3n) is 2.55. The maximum Gasteiger partial charge on any atom is 0.249 e. The second kappa shape index (κ2) is 2.95. The monoisotopic (exact) mass is 208 g/mol. The molecule has 15 heavy (non-hydrogen) atoms. The van der Waals surface area contributed by atoms with Crippen molar-refractivity contribution in [3.8, 4) is 0 Å². The van der Waals surface area contributed by atoms with Crippen molar-refractivity contribution >= 4 is 17.3 Å². The van der Waals surface area contributed by atoms with Gasteiger partial charge in [-0.3, -0.25) is 4.79 Å². The SMILES string of the molecule is Cc1cc(F)cc2c1NC(=O)C(C)(C)N2. The molecule has 0 saturated carbocycles. The third kappa shape index (κ3) is 1.56. The first-order valence-corrected chi connectivity index (χ1v) is 4.80. The van der Waals surface area contributed by atoms with Crippen LogP contribution in [-0.2, 0) is 4.79 Å². The summed E-state index contributed by atoms with van der Waals surface area (Å²) in [4.78, 5) is 11.6. The Balaban J connectivity index is 2.55. The van der Waals surface area contributed by atoms with Crippen molar-refractivity contribution in [3.05, 3.63) is 23.5 Å². The number of carbonyl (C=O) groups excluding carboxylic acids is 1. The molecule has 1 aliphatic rings. The van der Waals surface area contributed by atoms with Crippen LogP contribution in [0.25, 0.3) is 0 Å². The lowest BCUT2D eigenvalue weighted by molar-refractivity contribution is -0.119. The summed E-state index contributed by atoms with van der Waals surface area (Å²) in [7, 11) is 0. The first-order valence-electron chi connectivity index (χ1n) is 4.80. The highest BCUT2D eigenvalue weighted by Crippen LogP contribution is 2.33. The Morgan fingerprint density at radius 3 is 2.67 bits per heavy atom. The zero-order valence-corrected chi connectivity index (χ0v) is 8.94. The number of hydrogen-bond acceptors (Lipinski definition) is 2. The quantitative estimate of drug-likeness (QED) is 0.686. The number of rotatable bonds is 0. The number of benzene rings is 1. The number of anilines is 2. The molecule has 0 atom stereocenters. The molecular weight excluding hydrogens is 195 g/mol. The fraction of sp³-hybridized carbons (Fsp3) is 0.364. The van der Waals surface area contributed by atoms with Gasteiger partial charge in [-0.1, -0.05) is 0 Å². The van der Waals surface area contributed by atoms with E-state index < -0.39 is 5.54 Å². The molecule has 0 unspecified atom stereocenters. The van der Waals surface area contributed by atoms with Crippen molar-refractivity contribution in [2.24, 2.45) is 0 Å². The number of hydrogen-bond donors (Lipinski definition) is 2. The smallest absolute Gasteiger partial charge is 0.249 e. The second-order valence-corrected chi connectivity index (χ2v) is 4.35. The van der Waals surface area contributed by atoms with Crippen molar-refractivity contribution in [3.63, 3.8) is 0 Å². The van der Waals surface area contributed by atoms with Crippen molar-refractivity contribution in [1.82, 2.24) is 0 Å². The van der Waals surface area contributed by atoms with E-state index in [0.29, 0.717) is 11.4 Å². The molecular formula is C11H13FN2O. The van der Waals surface area contributed by atoms with E-state index in [0.717, 1.165) is 5.56 Å². The highest BCUT2D eigenvalue weighted by atomic mass is 19.1. The summed E-state index contributed by atoms with van der Waals surface area (Å²) in [6, 6.07) is 2.79. The lowest BCUT2D eigenvalue weighted by atomic mass is 9.98. The average Bonchev–Trinajstić information content (AvgIpc) is 2.08. The van der Waals surface area contributed by atoms with Gasteiger partial charge in [-0.05, 0) is 38.5 Å². The summed E-state index contributed by atoms with van der Waals surface area (Å²) in [6.07, 6.45) is 0. The van der Waals surface area contributed by atoms with Crippen LogP contribution in [0.2, 0.25) is 0 Å². The molecule has 1 aliphatic heterocycles. The minimum Gasteiger partial charge on any atom is -0.370 e. The minimum atomic E-state index is -0.701. The largest absolute Gasteiger partial charge is 0.370 e. The molecule has 0 saturated heterocycles. The highest BCUT2D eigenvalue weighted by molar-refractivity contribution is 6.06. The van der Waals surface area contributed by atoms with Crippen molar-refractivity contribution in [1.29, 1.82) is 0 Å². The molecule has 0 fully saturated rings. The van der Waals surface area contributed by atoms with Crippen molar-refractivity contribution < 1.29 is 9.18 Å². The molecule has 0 spiro atoms. The molecule has 0 aliphatic carbocycles. The second-order valence-electron chi connectivity index (χ2n) is 4.35. The molecule has 3 nitrogen and oxygen atoms in total. The van der Waals surface area contributed by atoms with Gasteiger partial charge in [0.05, 0.1) is 11.4 Å². The van der Waals surface area contributed by atoms with Crippen molar-refractivity contribution in [2.45, 2.75) is 26.3 Å². The first-order chi connectivity index (χ1) is 6.90. The number of aryl methyl sites for hydroxylation is 1. The minimum absolute atomic E-state index is 0.107. The maximum absolute atomic E-state index is 13.2. The highest BCUT2D eigenvalue weighted by Gasteiger charge is 2.33. The van der Waals surface area contributed by atoms with Gasteiger partial charge in [0.15, 0.2) is 0 Å². The summed E-state index contributed by atoms with van der Waals surface area (Å²) in [6.45, 7) is 5.28. The van der Waals surface area contributed by atoms with E-state index in [1.54, 1.807) is 20.8 Å². The summed E-state index contributed by atoms with van der Waals surface area (Å²) in [5, 5.41) is 5.79. The molecule has 80 valence electrons. The van der Waals surface area contributed by atoms with Crippen LogP contribution in [0.5, 0.6) is 0 Å². The van der Waals surface area contributed by atoms with Gasteiger partial charge in [0, 0.05) is 0 Å². The summed E-state index contributed by atoms with van der Waals surface area (Å²) < 4.78 is 13.2. The van der Waals surface area contributed by atoms with E-state index in [2.05, 4.69) is 10.6 Å². The summed E-state index contributed by atoms with van der Waals surface area (Å²) in [5.41, 5.74) is 1.33. The fourth-order valence-corrected chi connectivity index (χ4v) is 1.67. The number of fused-ring (bicyclic) bond motifs is 1. The third-order valence-corrected chi connectivity index (χ3v) is 2.55. The molecule has 1 heterocycles. The molecule has 2 N–H and O–H groups in total. The van der Waals surface area contributed by atoms with E-state index >= 15 is 0 Å². The summed E-state index contributed by atoms with van der Waals surface area (Å²) in [5.74, 6) is -0.407. The van der Waals surface area contributed by atoms with E-state index in [1.807, 2.05) is 0 Å². The topological polar surface area (TPSA) is 41.1 Å². The maximum atomic E-state index is 13.2. The Kier molecular flexibility index (Phi) is 1.96. The molecule has 0 bridgehead atoms. The average molecular weight is 208 g/mol. The van der Waals surface area contributed by atoms with Crippen LogP contribution in [0.4, 0.5) is 15.8 Å². The van der Waals surface area contributed by atoms with E-state index in [-0.39, 0.29) is 11.7 Å². The first kappa shape index (κ1) is 9.96. The van der Waals surface area contributed by atoms with Crippen LogP contribution in [0.3, 0.4) is 0 Å². The molecule has 1 amide bonds. The zero-order chi connectivity index (χ0) is 11.2. The normalized spacial score (nSPS) is 17.7. The Labute approximate surface area is 87.7 Å². The lowest BCUT2D eigenvalue weighted by Crippen LogP contribution is -2.47. The van der Waals surface area contributed by atoms with E-state index in [9.17, 15) is 9.18 Å². The molecule has 1 aromatic carbocycles. The number of amides is 1. The van der Waals surface area contributed by atoms with E-state index in [4.69, 9.17) is 0 Å². The molecule has 1 aromatic rings. The Hall–Kier alpha value is -1.58. The van der Waals surface area contributed by atoms with Gasteiger partial charge in [-0.2, -0.15) is 0 Å². The van der Waals surface area contributed by atoms with Gasteiger partial charge >= 0.3 is 0 Å². The number of carbonyl (C=O) groups is 1. The Morgan fingerprint density at radius 2 is 2.00 bits per heavy atom.